The fourth-order valence-electron chi connectivity index (χ4n) is 2.27. The number of hydrogen-bond donors (Lipinski definition) is 0. The van der Waals surface area contributed by atoms with Crippen molar-refractivity contribution in [2.24, 2.45) is 0 Å². The number of nitrogens with zero attached hydrogens (tertiary/aromatic N) is 2. The molecule has 20 heavy (non-hydrogen) atoms. The first kappa shape index (κ1) is 15.1. The number of likely N-dealkylation sites (tertiary alicyclic amines) is 1. The van der Waals surface area contributed by atoms with Crippen molar-refractivity contribution in [3.8, 4) is 6.07 Å². The van der Waals surface area contributed by atoms with Crippen LogP contribution in [0.5, 0.6) is 0 Å². The minimum absolute atomic E-state index is 0.0306. The van der Waals surface area contributed by atoms with E-state index in [0.29, 0.717) is 25.9 Å². The van der Waals surface area contributed by atoms with Crippen molar-refractivity contribution in [2.75, 3.05) is 19.3 Å². The first-order valence-electron chi connectivity index (χ1n) is 6.22. The molecule has 0 radical (unpaired) electrons. The monoisotopic (exact) mass is 312 g/mol. The molecular formula is C14H14ClFN2OS. The Labute approximate surface area is 126 Å². The zero-order chi connectivity index (χ0) is 14.8. The van der Waals surface area contributed by atoms with Gasteiger partial charge in [-0.3, -0.25) is 4.79 Å². The summed E-state index contributed by atoms with van der Waals surface area (Å²) in [6.07, 6.45) is 3.11. The minimum atomic E-state index is -0.607. The van der Waals surface area contributed by atoms with Crippen molar-refractivity contribution in [1.29, 1.82) is 5.26 Å². The van der Waals surface area contributed by atoms with Crippen molar-refractivity contribution >= 4 is 29.3 Å². The van der Waals surface area contributed by atoms with Gasteiger partial charge in [0.2, 0.25) is 0 Å². The molecule has 106 valence electrons. The van der Waals surface area contributed by atoms with Gasteiger partial charge in [-0.15, -0.1) is 11.8 Å². The molecule has 0 spiro atoms. The van der Waals surface area contributed by atoms with Crippen LogP contribution in [0.3, 0.4) is 0 Å². The second-order valence-electron chi connectivity index (χ2n) is 4.73. The zero-order valence-electron chi connectivity index (χ0n) is 11.0. The number of nitriles is 1. The van der Waals surface area contributed by atoms with Crippen LogP contribution < -0.4 is 0 Å². The number of halogens is 2. The van der Waals surface area contributed by atoms with Gasteiger partial charge in [-0.1, -0.05) is 11.6 Å². The summed E-state index contributed by atoms with van der Waals surface area (Å²) in [5.41, 5.74) is 0.0306. The summed E-state index contributed by atoms with van der Waals surface area (Å²) in [7, 11) is 0. The van der Waals surface area contributed by atoms with E-state index >= 15 is 0 Å². The first-order chi connectivity index (χ1) is 9.51. The molecule has 1 saturated heterocycles. The molecule has 1 aliphatic rings. The third-order valence-corrected chi connectivity index (χ3v) is 5.13. The van der Waals surface area contributed by atoms with Crippen molar-refractivity contribution < 1.29 is 9.18 Å². The Kier molecular flexibility index (Phi) is 4.56. The Balaban J connectivity index is 2.11. The van der Waals surface area contributed by atoms with Gasteiger partial charge in [-0.2, -0.15) is 5.26 Å². The van der Waals surface area contributed by atoms with E-state index in [1.807, 2.05) is 6.26 Å². The molecule has 0 bridgehead atoms. The summed E-state index contributed by atoms with van der Waals surface area (Å²) in [6, 6.07) is 6.36. The predicted octanol–water partition coefficient (Wildman–Crippen LogP) is 3.34. The largest absolute Gasteiger partial charge is 0.338 e. The Morgan fingerprint density at radius 3 is 2.65 bits per heavy atom. The topological polar surface area (TPSA) is 44.1 Å². The highest BCUT2D eigenvalue weighted by Gasteiger charge is 2.36. The van der Waals surface area contributed by atoms with E-state index < -0.39 is 10.6 Å². The Morgan fingerprint density at radius 1 is 1.50 bits per heavy atom. The van der Waals surface area contributed by atoms with Gasteiger partial charge in [0, 0.05) is 18.1 Å². The number of benzene rings is 1. The maximum absolute atomic E-state index is 13.8. The molecule has 0 atom stereocenters. The lowest BCUT2D eigenvalue weighted by Gasteiger charge is -2.36. The highest BCUT2D eigenvalue weighted by Crippen LogP contribution is 2.34. The maximum Gasteiger partial charge on any atom is 0.256 e. The molecule has 1 aromatic rings. The molecule has 0 aromatic heterocycles. The lowest BCUT2D eigenvalue weighted by Crippen LogP contribution is -2.44. The van der Waals surface area contributed by atoms with Gasteiger partial charge in [-0.25, -0.2) is 4.39 Å². The van der Waals surface area contributed by atoms with Crippen molar-refractivity contribution in [3.63, 3.8) is 0 Å². The van der Waals surface area contributed by atoms with E-state index in [1.165, 1.54) is 23.9 Å². The molecule has 0 saturated carbocycles. The molecule has 1 aromatic carbocycles. The van der Waals surface area contributed by atoms with Crippen molar-refractivity contribution in [1.82, 2.24) is 4.90 Å². The maximum atomic E-state index is 13.8. The number of rotatable bonds is 2. The summed E-state index contributed by atoms with van der Waals surface area (Å²) < 4.78 is 13.3. The van der Waals surface area contributed by atoms with Crippen LogP contribution in [0, 0.1) is 17.1 Å². The van der Waals surface area contributed by atoms with Crippen LogP contribution in [-0.4, -0.2) is 34.9 Å². The van der Waals surface area contributed by atoms with Crippen LogP contribution in [0.25, 0.3) is 0 Å². The zero-order valence-corrected chi connectivity index (χ0v) is 12.6. The van der Waals surface area contributed by atoms with Crippen molar-refractivity contribution in [3.05, 3.63) is 34.6 Å². The van der Waals surface area contributed by atoms with Crippen LogP contribution >= 0.6 is 23.4 Å². The van der Waals surface area contributed by atoms with Crippen LogP contribution in [0.1, 0.15) is 23.2 Å². The fraction of sp³-hybridized carbons (Fsp3) is 0.429. The van der Waals surface area contributed by atoms with Gasteiger partial charge in [0.05, 0.1) is 11.6 Å². The second kappa shape index (κ2) is 6.02. The third-order valence-electron chi connectivity index (χ3n) is 3.61. The standard InChI is InChI=1S/C14H14ClFN2OS/c1-20-14(9-17)4-6-18(7-5-14)13(19)11-3-2-10(15)8-12(11)16/h2-3,8H,4-7H2,1H3. The average Bonchev–Trinajstić information content (AvgIpc) is 2.47. The second-order valence-corrected chi connectivity index (χ2v) is 6.35. The van der Waals surface area contributed by atoms with Gasteiger partial charge in [0.25, 0.3) is 5.91 Å². The highest BCUT2D eigenvalue weighted by atomic mass is 35.5. The van der Waals surface area contributed by atoms with Gasteiger partial charge in [0.15, 0.2) is 0 Å². The number of hydrogen-bond acceptors (Lipinski definition) is 3. The van der Waals surface area contributed by atoms with E-state index in [1.54, 1.807) is 4.90 Å². The Morgan fingerprint density at radius 2 is 2.15 bits per heavy atom. The van der Waals surface area contributed by atoms with Crippen molar-refractivity contribution in [2.45, 2.75) is 17.6 Å². The lowest BCUT2D eigenvalue weighted by atomic mass is 9.96. The summed E-state index contributed by atoms with van der Waals surface area (Å²) in [5, 5.41) is 9.48. The molecule has 1 aliphatic heterocycles. The quantitative estimate of drug-likeness (QED) is 0.841. The molecule has 1 fully saturated rings. The van der Waals surface area contributed by atoms with Gasteiger partial charge in [-0.05, 0) is 37.3 Å². The smallest absolute Gasteiger partial charge is 0.256 e. The summed E-state index contributed by atoms with van der Waals surface area (Å²) in [6.45, 7) is 0.935. The normalized spacial score (nSPS) is 17.6. The molecule has 0 N–H and O–H groups in total. The first-order valence-corrected chi connectivity index (χ1v) is 7.82. The SMILES string of the molecule is CSC1(C#N)CCN(C(=O)c2ccc(Cl)cc2F)CC1. The Hall–Kier alpha value is -1.25. The molecule has 3 nitrogen and oxygen atoms in total. The average molecular weight is 313 g/mol. The Bertz CT molecular complexity index is 565. The van der Waals surface area contributed by atoms with E-state index in [4.69, 9.17) is 11.6 Å². The number of piperidine rings is 1. The van der Waals surface area contributed by atoms with E-state index in [-0.39, 0.29) is 16.5 Å². The highest BCUT2D eigenvalue weighted by molar-refractivity contribution is 8.00. The summed E-state index contributed by atoms with van der Waals surface area (Å²) >= 11 is 7.20. The number of amides is 1. The summed E-state index contributed by atoms with van der Waals surface area (Å²) in [4.78, 5) is 13.9. The van der Waals surface area contributed by atoms with E-state index in [0.717, 1.165) is 6.07 Å². The third kappa shape index (κ3) is 2.92. The van der Waals surface area contributed by atoms with Gasteiger partial charge >= 0.3 is 0 Å². The number of carbonyl (C=O) groups is 1. The van der Waals surface area contributed by atoms with Crippen LogP contribution in [-0.2, 0) is 0 Å². The number of thioether (sulfide) groups is 1. The van der Waals surface area contributed by atoms with Crippen LogP contribution in [0.15, 0.2) is 18.2 Å². The van der Waals surface area contributed by atoms with Crippen LogP contribution in [0.4, 0.5) is 4.39 Å². The minimum Gasteiger partial charge on any atom is -0.338 e. The molecule has 6 heteroatoms. The molecule has 0 unspecified atom stereocenters. The van der Waals surface area contributed by atoms with E-state index in [2.05, 4.69) is 6.07 Å². The van der Waals surface area contributed by atoms with Gasteiger partial charge in [0.1, 0.15) is 10.6 Å². The lowest BCUT2D eigenvalue weighted by molar-refractivity contribution is 0.0712. The van der Waals surface area contributed by atoms with E-state index in [9.17, 15) is 14.4 Å². The van der Waals surface area contributed by atoms with Crippen LogP contribution in [0.2, 0.25) is 5.02 Å². The fourth-order valence-corrected chi connectivity index (χ4v) is 3.11. The number of carbonyl (C=O) groups excluding carboxylic acids is 1. The predicted molar refractivity (Wildman–Crippen MR) is 78.4 cm³/mol. The molecule has 0 aliphatic carbocycles. The molecule has 1 heterocycles. The van der Waals surface area contributed by atoms with Gasteiger partial charge < -0.3 is 4.90 Å². The molecule has 1 amide bonds. The summed E-state index contributed by atoms with van der Waals surface area (Å²) in [5.74, 6) is -0.948. The molecular weight excluding hydrogens is 299 g/mol. The molecule has 2 rings (SSSR count).